The van der Waals surface area contributed by atoms with Crippen molar-refractivity contribution in [2.45, 2.75) is 25.0 Å². The largest absolute Gasteiger partial charge is 0.347 e. The van der Waals surface area contributed by atoms with E-state index in [0.717, 1.165) is 41.7 Å². The molecule has 116 valence electrons. The molecule has 0 atom stereocenters. The van der Waals surface area contributed by atoms with Gasteiger partial charge in [-0.3, -0.25) is 4.98 Å². The monoisotopic (exact) mass is 308 g/mol. The Morgan fingerprint density at radius 1 is 1.13 bits per heavy atom. The lowest BCUT2D eigenvalue weighted by atomic mass is 9.91. The van der Waals surface area contributed by atoms with E-state index in [4.69, 9.17) is 14.6 Å². The molecule has 1 aliphatic carbocycles. The minimum Gasteiger partial charge on any atom is -0.347 e. The maximum atomic E-state index is 5.84. The van der Waals surface area contributed by atoms with Crippen molar-refractivity contribution < 1.29 is 9.47 Å². The predicted molar refractivity (Wildman–Crippen MR) is 82.9 cm³/mol. The molecule has 3 aromatic rings. The van der Waals surface area contributed by atoms with E-state index < -0.39 is 5.79 Å². The van der Waals surface area contributed by atoms with Gasteiger partial charge in [-0.1, -0.05) is 0 Å². The molecule has 0 bridgehead atoms. The minimum atomic E-state index is -0.441. The second-order valence-corrected chi connectivity index (χ2v) is 6.05. The van der Waals surface area contributed by atoms with Crippen molar-refractivity contribution in [2.24, 2.45) is 0 Å². The van der Waals surface area contributed by atoms with Crippen LogP contribution >= 0.6 is 0 Å². The van der Waals surface area contributed by atoms with Crippen molar-refractivity contribution in [3.8, 4) is 11.3 Å². The number of ether oxygens (including phenoxy) is 2. The molecule has 1 spiro atoms. The molecule has 1 fully saturated rings. The summed E-state index contributed by atoms with van der Waals surface area (Å²) >= 11 is 0. The van der Waals surface area contributed by atoms with Crippen LogP contribution in [0.25, 0.3) is 16.9 Å². The Kier molecular flexibility index (Phi) is 2.77. The van der Waals surface area contributed by atoms with Crippen LogP contribution in [0, 0.1) is 0 Å². The van der Waals surface area contributed by atoms with Crippen molar-refractivity contribution in [1.82, 2.24) is 19.6 Å². The lowest BCUT2D eigenvalue weighted by molar-refractivity contribution is -0.164. The third kappa shape index (κ3) is 2.06. The summed E-state index contributed by atoms with van der Waals surface area (Å²) in [5, 5.41) is 4.76. The molecule has 1 aliphatic heterocycles. The van der Waals surface area contributed by atoms with Crippen LogP contribution in [-0.4, -0.2) is 38.6 Å². The van der Waals surface area contributed by atoms with Crippen LogP contribution < -0.4 is 0 Å². The fourth-order valence-electron chi connectivity index (χ4n) is 3.53. The topological polar surface area (TPSA) is 61.5 Å². The number of rotatable bonds is 1. The number of hydrogen-bond donors (Lipinski definition) is 0. The standard InChI is InChI=1S/C17H16N4O2/c1-4-17(22-7-8-23-17)10-13-11-19-16-9-14(20-21(16)15(1)13)12-2-5-18-6-3-12/h2-3,5-6,9,11H,1,4,7-8,10H2. The van der Waals surface area contributed by atoms with Gasteiger partial charge in [-0.05, 0) is 24.1 Å². The highest BCUT2D eigenvalue weighted by Gasteiger charge is 2.40. The lowest BCUT2D eigenvalue weighted by Gasteiger charge is -2.32. The summed E-state index contributed by atoms with van der Waals surface area (Å²) in [5.41, 5.74) is 5.21. The van der Waals surface area contributed by atoms with Crippen LogP contribution in [0.1, 0.15) is 17.7 Å². The van der Waals surface area contributed by atoms with Crippen LogP contribution in [0.2, 0.25) is 0 Å². The van der Waals surface area contributed by atoms with Gasteiger partial charge in [0.05, 0.1) is 18.9 Å². The van der Waals surface area contributed by atoms with Crippen LogP contribution in [0.3, 0.4) is 0 Å². The molecule has 3 aromatic heterocycles. The highest BCUT2D eigenvalue weighted by atomic mass is 16.7. The molecule has 0 amide bonds. The van der Waals surface area contributed by atoms with Crippen LogP contribution in [0.4, 0.5) is 0 Å². The smallest absolute Gasteiger partial charge is 0.172 e. The van der Waals surface area contributed by atoms with E-state index >= 15 is 0 Å². The van der Waals surface area contributed by atoms with E-state index in [0.29, 0.717) is 13.2 Å². The van der Waals surface area contributed by atoms with Gasteiger partial charge in [0, 0.05) is 48.8 Å². The van der Waals surface area contributed by atoms with Crippen LogP contribution in [0.5, 0.6) is 0 Å². The van der Waals surface area contributed by atoms with E-state index in [2.05, 4.69) is 9.97 Å². The summed E-state index contributed by atoms with van der Waals surface area (Å²) < 4.78 is 13.6. The Labute approximate surface area is 133 Å². The Balaban J connectivity index is 1.60. The SMILES string of the molecule is c1cc(-c2cc3ncc4c(n3n2)CCC2(C4)OCCO2)ccn1. The minimum absolute atomic E-state index is 0.441. The summed E-state index contributed by atoms with van der Waals surface area (Å²) in [6.45, 7) is 1.36. The first-order valence-corrected chi connectivity index (χ1v) is 7.88. The van der Waals surface area contributed by atoms with Gasteiger partial charge in [-0.25, -0.2) is 9.50 Å². The van der Waals surface area contributed by atoms with Crippen molar-refractivity contribution >= 4 is 5.65 Å². The molecule has 6 heteroatoms. The maximum Gasteiger partial charge on any atom is 0.172 e. The number of fused-ring (bicyclic) bond motifs is 3. The zero-order valence-electron chi connectivity index (χ0n) is 12.6. The summed E-state index contributed by atoms with van der Waals surface area (Å²) in [7, 11) is 0. The highest BCUT2D eigenvalue weighted by Crippen LogP contribution is 2.35. The van der Waals surface area contributed by atoms with E-state index in [1.165, 1.54) is 5.69 Å². The number of aryl methyl sites for hydroxylation is 1. The molecule has 0 unspecified atom stereocenters. The third-order valence-corrected chi connectivity index (χ3v) is 4.66. The van der Waals surface area contributed by atoms with E-state index in [1.54, 1.807) is 12.4 Å². The van der Waals surface area contributed by atoms with Crippen molar-refractivity contribution in [2.75, 3.05) is 13.2 Å². The van der Waals surface area contributed by atoms with Gasteiger partial charge in [0.1, 0.15) is 0 Å². The Morgan fingerprint density at radius 3 is 2.78 bits per heavy atom. The maximum absolute atomic E-state index is 5.84. The normalized spacial score (nSPS) is 19.3. The second kappa shape index (κ2) is 4.84. The lowest BCUT2D eigenvalue weighted by Crippen LogP contribution is -2.37. The number of pyridine rings is 1. The van der Waals surface area contributed by atoms with Crippen LogP contribution in [0.15, 0.2) is 36.8 Å². The number of hydrogen-bond acceptors (Lipinski definition) is 5. The molecule has 23 heavy (non-hydrogen) atoms. The van der Waals surface area contributed by atoms with Gasteiger partial charge >= 0.3 is 0 Å². The molecule has 0 N–H and O–H groups in total. The molecule has 4 heterocycles. The molecular formula is C17H16N4O2. The first-order valence-electron chi connectivity index (χ1n) is 7.88. The van der Waals surface area contributed by atoms with Gasteiger partial charge in [-0.2, -0.15) is 5.10 Å². The summed E-state index contributed by atoms with van der Waals surface area (Å²) in [6.07, 6.45) is 7.99. The first kappa shape index (κ1) is 13.2. The molecule has 5 rings (SSSR count). The summed E-state index contributed by atoms with van der Waals surface area (Å²) in [6, 6.07) is 5.94. The Morgan fingerprint density at radius 2 is 1.96 bits per heavy atom. The molecule has 0 radical (unpaired) electrons. The van der Waals surface area contributed by atoms with Crippen LogP contribution in [-0.2, 0) is 22.3 Å². The third-order valence-electron chi connectivity index (χ3n) is 4.66. The van der Waals surface area contributed by atoms with Gasteiger partial charge < -0.3 is 9.47 Å². The predicted octanol–water partition coefficient (Wildman–Crippen LogP) is 2.02. The average molecular weight is 308 g/mol. The zero-order valence-corrected chi connectivity index (χ0v) is 12.6. The Bertz CT molecular complexity index is 869. The van der Waals surface area contributed by atoms with Gasteiger partial charge in [-0.15, -0.1) is 0 Å². The van der Waals surface area contributed by atoms with E-state index in [9.17, 15) is 0 Å². The molecule has 6 nitrogen and oxygen atoms in total. The van der Waals surface area contributed by atoms with E-state index in [-0.39, 0.29) is 0 Å². The van der Waals surface area contributed by atoms with E-state index in [1.807, 2.05) is 28.9 Å². The van der Waals surface area contributed by atoms with Gasteiger partial charge in [0.25, 0.3) is 0 Å². The van der Waals surface area contributed by atoms with Gasteiger partial charge in [0.15, 0.2) is 11.4 Å². The summed E-state index contributed by atoms with van der Waals surface area (Å²) in [4.78, 5) is 8.63. The zero-order chi connectivity index (χ0) is 15.3. The fourth-order valence-corrected chi connectivity index (χ4v) is 3.53. The van der Waals surface area contributed by atoms with Crippen molar-refractivity contribution in [1.29, 1.82) is 0 Å². The average Bonchev–Trinajstić information content (AvgIpc) is 3.23. The van der Waals surface area contributed by atoms with Crippen molar-refractivity contribution in [3.63, 3.8) is 0 Å². The highest BCUT2D eigenvalue weighted by molar-refractivity contribution is 5.63. The van der Waals surface area contributed by atoms with Gasteiger partial charge in [0.2, 0.25) is 0 Å². The quantitative estimate of drug-likeness (QED) is 0.688. The molecular weight excluding hydrogens is 292 g/mol. The molecule has 0 aromatic carbocycles. The molecule has 1 saturated heterocycles. The molecule has 2 aliphatic rings. The fraction of sp³-hybridized carbons (Fsp3) is 0.353. The van der Waals surface area contributed by atoms with Crippen molar-refractivity contribution in [3.05, 3.63) is 48.0 Å². The Hall–Kier alpha value is -2.31. The molecule has 0 saturated carbocycles. The second-order valence-electron chi connectivity index (χ2n) is 6.05. The first-order chi connectivity index (χ1) is 11.3. The number of aromatic nitrogens is 4. The summed E-state index contributed by atoms with van der Waals surface area (Å²) in [5.74, 6) is -0.441. The number of nitrogens with zero attached hydrogens (tertiary/aromatic N) is 4.